The zero-order valence-corrected chi connectivity index (χ0v) is 9.89. The molecule has 0 spiro atoms. The lowest BCUT2D eigenvalue weighted by Gasteiger charge is -2.15. The van der Waals surface area contributed by atoms with Gasteiger partial charge in [0.25, 0.3) is 5.56 Å². The number of likely N-dealkylation sites (tertiary alicyclic amines) is 1. The molecule has 1 aromatic heterocycles. The van der Waals surface area contributed by atoms with Crippen LogP contribution in [0.4, 0.5) is 0 Å². The summed E-state index contributed by atoms with van der Waals surface area (Å²) in [5, 5.41) is 9.47. The topological polar surface area (TPSA) is 95.4 Å². The number of amides is 1. The van der Waals surface area contributed by atoms with Gasteiger partial charge in [-0.1, -0.05) is 0 Å². The summed E-state index contributed by atoms with van der Waals surface area (Å²) < 4.78 is 0.982. The predicted molar refractivity (Wildman–Crippen MR) is 63.4 cm³/mol. The van der Waals surface area contributed by atoms with E-state index < -0.39 is 17.1 Å². The Hall–Kier alpha value is -2.05. The van der Waals surface area contributed by atoms with E-state index in [9.17, 15) is 19.5 Å². The number of aromatic amines is 1. The van der Waals surface area contributed by atoms with Crippen molar-refractivity contribution in [1.29, 1.82) is 0 Å². The number of carbonyl (C=O) groups is 1. The Balaban J connectivity index is 2.04. The summed E-state index contributed by atoms with van der Waals surface area (Å²) in [4.78, 5) is 37.9. The largest absolute Gasteiger partial charge is 0.494 e. The van der Waals surface area contributed by atoms with Gasteiger partial charge in [0.05, 0.1) is 6.07 Å². The molecule has 1 fully saturated rings. The van der Waals surface area contributed by atoms with Crippen LogP contribution in [0.15, 0.2) is 15.7 Å². The van der Waals surface area contributed by atoms with Crippen LogP contribution in [-0.4, -0.2) is 38.6 Å². The molecule has 98 valence electrons. The molecule has 1 aliphatic heterocycles. The average molecular weight is 253 g/mol. The van der Waals surface area contributed by atoms with Crippen molar-refractivity contribution in [3.05, 3.63) is 26.9 Å². The summed E-state index contributed by atoms with van der Waals surface area (Å²) in [7, 11) is 0. The molecule has 0 aliphatic carbocycles. The molecule has 2 rings (SSSR count). The maximum atomic E-state index is 11.8. The minimum atomic E-state index is -0.700. The summed E-state index contributed by atoms with van der Waals surface area (Å²) in [5.41, 5.74) is -1.35. The van der Waals surface area contributed by atoms with Crippen LogP contribution in [-0.2, 0) is 11.3 Å². The monoisotopic (exact) mass is 253 g/mol. The minimum Gasteiger partial charge on any atom is -0.494 e. The highest BCUT2D eigenvalue weighted by molar-refractivity contribution is 5.76. The molecule has 18 heavy (non-hydrogen) atoms. The Morgan fingerprint density at radius 2 is 2.00 bits per heavy atom. The first-order chi connectivity index (χ1) is 8.58. The third-order valence-corrected chi connectivity index (χ3v) is 3.02. The van der Waals surface area contributed by atoms with Crippen LogP contribution in [0.3, 0.4) is 0 Å². The van der Waals surface area contributed by atoms with Gasteiger partial charge in [-0.05, 0) is 12.8 Å². The molecule has 1 aliphatic rings. The summed E-state index contributed by atoms with van der Waals surface area (Å²) in [6.07, 6.45) is 2.16. The van der Waals surface area contributed by atoms with E-state index in [1.807, 2.05) is 4.98 Å². The number of aromatic nitrogens is 2. The van der Waals surface area contributed by atoms with Crippen molar-refractivity contribution >= 4 is 5.91 Å². The average Bonchev–Trinajstić information content (AvgIpc) is 2.80. The normalized spacial score (nSPS) is 15.0. The smallest absolute Gasteiger partial charge is 0.331 e. The van der Waals surface area contributed by atoms with Gasteiger partial charge in [-0.15, -0.1) is 0 Å². The number of hydrogen-bond acceptors (Lipinski definition) is 4. The van der Waals surface area contributed by atoms with E-state index in [-0.39, 0.29) is 18.9 Å². The Kier molecular flexibility index (Phi) is 3.50. The highest BCUT2D eigenvalue weighted by Gasteiger charge is 2.18. The first-order valence-corrected chi connectivity index (χ1v) is 5.89. The Labute approximate surface area is 103 Å². The van der Waals surface area contributed by atoms with Gasteiger partial charge >= 0.3 is 5.69 Å². The van der Waals surface area contributed by atoms with Gasteiger partial charge < -0.3 is 10.0 Å². The van der Waals surface area contributed by atoms with Crippen molar-refractivity contribution in [2.45, 2.75) is 25.8 Å². The molecule has 2 N–H and O–H groups in total. The lowest BCUT2D eigenvalue weighted by atomic mass is 10.3. The second-order valence-electron chi connectivity index (χ2n) is 4.29. The number of H-pyrrole nitrogens is 1. The van der Waals surface area contributed by atoms with Crippen LogP contribution < -0.4 is 11.2 Å². The van der Waals surface area contributed by atoms with Gasteiger partial charge in [0.2, 0.25) is 11.8 Å². The Bertz CT molecular complexity index is 554. The van der Waals surface area contributed by atoms with Gasteiger partial charge in [-0.3, -0.25) is 19.1 Å². The predicted octanol–water partition coefficient (Wildman–Crippen LogP) is -0.745. The van der Waals surface area contributed by atoms with Crippen LogP contribution >= 0.6 is 0 Å². The molecule has 0 bridgehead atoms. The molecular formula is C11H15N3O4. The molecule has 0 unspecified atom stereocenters. The second kappa shape index (κ2) is 5.07. The van der Waals surface area contributed by atoms with Crippen molar-refractivity contribution in [3.63, 3.8) is 0 Å². The Morgan fingerprint density at radius 1 is 1.33 bits per heavy atom. The number of hydrogen-bond donors (Lipinski definition) is 2. The van der Waals surface area contributed by atoms with Gasteiger partial charge in [-0.25, -0.2) is 4.79 Å². The van der Waals surface area contributed by atoms with E-state index in [2.05, 4.69) is 0 Å². The number of nitrogens with zero attached hydrogens (tertiary/aromatic N) is 2. The number of rotatable bonds is 3. The highest BCUT2D eigenvalue weighted by atomic mass is 16.3. The first kappa shape index (κ1) is 12.4. The van der Waals surface area contributed by atoms with Gasteiger partial charge in [0, 0.05) is 26.1 Å². The quantitative estimate of drug-likeness (QED) is 0.741. The molecule has 0 radical (unpaired) electrons. The van der Waals surface area contributed by atoms with Crippen molar-refractivity contribution in [3.8, 4) is 5.88 Å². The summed E-state index contributed by atoms with van der Waals surface area (Å²) in [6, 6.07) is 0.918. The van der Waals surface area contributed by atoms with E-state index in [1.54, 1.807) is 4.90 Å². The van der Waals surface area contributed by atoms with E-state index in [0.29, 0.717) is 0 Å². The molecule has 0 aromatic carbocycles. The number of carbonyl (C=O) groups excluding carboxylic acids is 1. The molecule has 0 saturated carbocycles. The van der Waals surface area contributed by atoms with Crippen molar-refractivity contribution in [2.75, 3.05) is 13.1 Å². The van der Waals surface area contributed by atoms with Gasteiger partial charge in [0.15, 0.2) is 0 Å². The lowest BCUT2D eigenvalue weighted by molar-refractivity contribution is -0.130. The second-order valence-corrected chi connectivity index (χ2v) is 4.29. The molecular weight excluding hydrogens is 238 g/mol. The summed E-state index contributed by atoms with van der Waals surface area (Å²) >= 11 is 0. The van der Waals surface area contributed by atoms with Crippen LogP contribution in [0.5, 0.6) is 5.88 Å². The SMILES string of the molecule is O=C(CCn1c(O)cc(=O)[nH]c1=O)N1CCCC1. The molecule has 0 atom stereocenters. The summed E-state index contributed by atoms with van der Waals surface area (Å²) in [5.74, 6) is -0.456. The zero-order valence-electron chi connectivity index (χ0n) is 9.89. The maximum Gasteiger partial charge on any atom is 0.331 e. The molecule has 7 heteroatoms. The molecule has 2 heterocycles. The molecule has 1 amide bonds. The fraction of sp³-hybridized carbons (Fsp3) is 0.545. The van der Waals surface area contributed by atoms with Crippen LogP contribution in [0.25, 0.3) is 0 Å². The third-order valence-electron chi connectivity index (χ3n) is 3.02. The standard InChI is InChI=1S/C11H15N3O4/c15-8-7-10(17)14(11(18)12-8)6-3-9(16)13-4-1-2-5-13/h7,17H,1-6H2,(H,12,15,18). The van der Waals surface area contributed by atoms with E-state index >= 15 is 0 Å². The molecule has 7 nitrogen and oxygen atoms in total. The molecule has 1 aromatic rings. The van der Waals surface area contributed by atoms with E-state index in [1.165, 1.54) is 0 Å². The third kappa shape index (κ3) is 2.61. The number of nitrogens with one attached hydrogen (secondary N) is 1. The first-order valence-electron chi connectivity index (χ1n) is 5.89. The Morgan fingerprint density at radius 3 is 2.61 bits per heavy atom. The van der Waals surface area contributed by atoms with Crippen LogP contribution in [0.1, 0.15) is 19.3 Å². The van der Waals surface area contributed by atoms with Crippen LogP contribution in [0.2, 0.25) is 0 Å². The highest BCUT2D eigenvalue weighted by Crippen LogP contribution is 2.10. The van der Waals surface area contributed by atoms with E-state index in [0.717, 1.165) is 36.6 Å². The number of aromatic hydroxyl groups is 1. The molecule has 1 saturated heterocycles. The van der Waals surface area contributed by atoms with Gasteiger partial charge in [-0.2, -0.15) is 0 Å². The minimum absolute atomic E-state index is 0.0370. The lowest BCUT2D eigenvalue weighted by Crippen LogP contribution is -2.32. The fourth-order valence-electron chi connectivity index (χ4n) is 2.06. The van der Waals surface area contributed by atoms with Gasteiger partial charge in [0.1, 0.15) is 0 Å². The zero-order chi connectivity index (χ0) is 13.1. The maximum absolute atomic E-state index is 11.8. The van der Waals surface area contributed by atoms with E-state index in [4.69, 9.17) is 0 Å². The van der Waals surface area contributed by atoms with Crippen molar-refractivity contribution < 1.29 is 9.90 Å². The fourth-order valence-corrected chi connectivity index (χ4v) is 2.06. The summed E-state index contributed by atoms with van der Waals surface area (Å²) in [6.45, 7) is 1.58. The van der Waals surface area contributed by atoms with Crippen LogP contribution in [0, 0.1) is 0 Å². The van der Waals surface area contributed by atoms with Crippen molar-refractivity contribution in [2.24, 2.45) is 0 Å². The van der Waals surface area contributed by atoms with Crippen molar-refractivity contribution in [1.82, 2.24) is 14.5 Å².